The SMILES string of the molecule is CC(=O)c1ccc(-c2cncc3[nH]c(-c4n[nH]c5ccc(-c6cncc(NC(O)CC(C)C)c6)cc45)nc23)s1. The Bertz CT molecular complexity index is 1820. The highest BCUT2D eigenvalue weighted by molar-refractivity contribution is 7.17. The molecule has 5 aromatic heterocycles. The highest BCUT2D eigenvalue weighted by Crippen LogP contribution is 2.35. The van der Waals surface area contributed by atoms with E-state index in [2.05, 4.69) is 50.4 Å². The molecule has 196 valence electrons. The summed E-state index contributed by atoms with van der Waals surface area (Å²) in [5.41, 5.74) is 6.64. The number of Topliss-reactive ketones (excluding diaryl/α,β-unsaturated/α-hetero) is 1. The van der Waals surface area contributed by atoms with E-state index in [0.717, 1.165) is 49.2 Å². The van der Waals surface area contributed by atoms with E-state index in [1.807, 2.05) is 30.3 Å². The topological polar surface area (TPSA) is 132 Å². The van der Waals surface area contributed by atoms with Gasteiger partial charge in [-0.25, -0.2) is 4.98 Å². The highest BCUT2D eigenvalue weighted by Gasteiger charge is 2.17. The molecule has 0 aliphatic heterocycles. The van der Waals surface area contributed by atoms with Crippen LogP contribution in [0.2, 0.25) is 0 Å². The van der Waals surface area contributed by atoms with Crippen LogP contribution < -0.4 is 5.32 Å². The van der Waals surface area contributed by atoms with Crippen LogP contribution in [0.5, 0.6) is 0 Å². The van der Waals surface area contributed by atoms with E-state index in [1.165, 1.54) is 11.3 Å². The number of imidazole rings is 1. The molecule has 0 aliphatic carbocycles. The standard InChI is InChI=1S/C29H27N7O2S/c1-15(2)8-26(38)32-19-9-18(11-30-12-19)17-4-5-22-20(10-17)28(36-35-22)29-33-23-14-31-13-21(27(23)34-29)25-7-6-24(39-25)16(3)37/h4-7,9-15,26,32,38H,8H2,1-3H3,(H,33,34)(H,35,36). The lowest BCUT2D eigenvalue weighted by Crippen LogP contribution is -2.20. The van der Waals surface area contributed by atoms with Gasteiger partial charge < -0.3 is 15.4 Å². The van der Waals surface area contributed by atoms with Crippen LogP contribution in [0.1, 0.15) is 36.9 Å². The summed E-state index contributed by atoms with van der Waals surface area (Å²) in [6.07, 6.45) is 7.04. The molecule has 0 bridgehead atoms. The van der Waals surface area contributed by atoms with Gasteiger partial charge >= 0.3 is 0 Å². The van der Waals surface area contributed by atoms with Crippen molar-refractivity contribution in [3.63, 3.8) is 0 Å². The van der Waals surface area contributed by atoms with Crippen molar-refractivity contribution in [2.24, 2.45) is 5.92 Å². The maximum Gasteiger partial charge on any atom is 0.169 e. The number of rotatable bonds is 8. The Morgan fingerprint density at radius 3 is 2.67 bits per heavy atom. The summed E-state index contributed by atoms with van der Waals surface area (Å²) in [5, 5.41) is 22.0. The van der Waals surface area contributed by atoms with Crippen LogP contribution in [0.4, 0.5) is 5.69 Å². The number of aromatic nitrogens is 6. The molecular formula is C29H27N7O2S. The van der Waals surface area contributed by atoms with Crippen molar-refractivity contribution in [1.29, 1.82) is 0 Å². The van der Waals surface area contributed by atoms with Crippen molar-refractivity contribution in [1.82, 2.24) is 30.1 Å². The number of aromatic amines is 2. The number of ketones is 1. The molecule has 6 rings (SSSR count). The summed E-state index contributed by atoms with van der Waals surface area (Å²) < 4.78 is 0. The average Bonchev–Trinajstić information content (AvgIpc) is 3.65. The largest absolute Gasteiger partial charge is 0.374 e. The number of carbonyl (C=O) groups is 1. The van der Waals surface area contributed by atoms with Gasteiger partial charge in [-0.05, 0) is 55.2 Å². The number of carbonyl (C=O) groups excluding carboxylic acids is 1. The van der Waals surface area contributed by atoms with E-state index in [0.29, 0.717) is 28.7 Å². The van der Waals surface area contributed by atoms with Gasteiger partial charge in [0.25, 0.3) is 0 Å². The van der Waals surface area contributed by atoms with Gasteiger partial charge in [0.1, 0.15) is 17.4 Å². The number of hydrogen-bond acceptors (Lipinski definition) is 8. The summed E-state index contributed by atoms with van der Waals surface area (Å²) in [6.45, 7) is 5.71. The number of benzene rings is 1. The second-order valence-electron chi connectivity index (χ2n) is 9.97. The van der Waals surface area contributed by atoms with Gasteiger partial charge in [-0.1, -0.05) is 19.9 Å². The Hall–Kier alpha value is -4.41. The zero-order chi connectivity index (χ0) is 27.1. The van der Waals surface area contributed by atoms with Crippen LogP contribution in [0, 0.1) is 5.92 Å². The minimum absolute atomic E-state index is 0.0381. The van der Waals surface area contributed by atoms with E-state index in [9.17, 15) is 9.90 Å². The third-order valence-electron chi connectivity index (χ3n) is 6.50. The second kappa shape index (κ2) is 10.0. The number of pyridine rings is 2. The van der Waals surface area contributed by atoms with Crippen LogP contribution in [0.3, 0.4) is 0 Å². The van der Waals surface area contributed by atoms with Gasteiger partial charge in [0.2, 0.25) is 0 Å². The average molecular weight is 538 g/mol. The first kappa shape index (κ1) is 24.9. The predicted octanol–water partition coefficient (Wildman–Crippen LogP) is 6.27. The van der Waals surface area contributed by atoms with Crippen molar-refractivity contribution >= 4 is 44.7 Å². The van der Waals surface area contributed by atoms with Crippen LogP contribution in [-0.4, -0.2) is 47.3 Å². The van der Waals surface area contributed by atoms with Crippen molar-refractivity contribution in [3.8, 4) is 33.1 Å². The zero-order valence-corrected chi connectivity index (χ0v) is 22.5. The van der Waals surface area contributed by atoms with Crippen LogP contribution in [-0.2, 0) is 0 Å². The van der Waals surface area contributed by atoms with Crippen LogP contribution in [0.25, 0.3) is 55.0 Å². The van der Waals surface area contributed by atoms with Gasteiger partial charge in [0.15, 0.2) is 11.6 Å². The van der Waals surface area contributed by atoms with E-state index in [-0.39, 0.29) is 5.78 Å². The number of H-pyrrole nitrogens is 2. The van der Waals surface area contributed by atoms with Crippen molar-refractivity contribution in [2.75, 3.05) is 5.32 Å². The summed E-state index contributed by atoms with van der Waals surface area (Å²) in [7, 11) is 0. The third-order valence-corrected chi connectivity index (χ3v) is 7.72. The van der Waals surface area contributed by atoms with Crippen LogP contribution in [0.15, 0.2) is 61.2 Å². The van der Waals surface area contributed by atoms with E-state index in [1.54, 1.807) is 31.7 Å². The number of aliphatic hydroxyl groups is 1. The summed E-state index contributed by atoms with van der Waals surface area (Å²) in [4.78, 5) is 30.5. The molecule has 0 aliphatic rings. The fourth-order valence-electron chi connectivity index (χ4n) is 4.65. The molecule has 0 spiro atoms. The van der Waals surface area contributed by atoms with Crippen molar-refractivity contribution in [3.05, 3.63) is 66.1 Å². The maximum absolute atomic E-state index is 11.8. The molecule has 6 aromatic rings. The predicted molar refractivity (Wildman–Crippen MR) is 155 cm³/mol. The van der Waals surface area contributed by atoms with Gasteiger partial charge in [-0.15, -0.1) is 11.3 Å². The number of thiophene rings is 1. The summed E-state index contributed by atoms with van der Waals surface area (Å²) in [6, 6.07) is 11.8. The second-order valence-corrected chi connectivity index (χ2v) is 11.1. The molecule has 0 amide bonds. The normalized spacial score (nSPS) is 12.4. The Morgan fingerprint density at radius 2 is 1.87 bits per heavy atom. The maximum atomic E-state index is 11.8. The number of fused-ring (bicyclic) bond motifs is 2. The third kappa shape index (κ3) is 4.91. The van der Waals surface area contributed by atoms with Crippen LogP contribution >= 0.6 is 11.3 Å². The molecule has 0 saturated heterocycles. The van der Waals surface area contributed by atoms with Gasteiger partial charge in [-0.2, -0.15) is 5.10 Å². The smallest absolute Gasteiger partial charge is 0.169 e. The van der Waals surface area contributed by atoms with E-state index >= 15 is 0 Å². The minimum Gasteiger partial charge on any atom is -0.374 e. The lowest BCUT2D eigenvalue weighted by molar-refractivity contribution is 0.102. The minimum atomic E-state index is -0.638. The fourth-order valence-corrected chi connectivity index (χ4v) is 5.56. The molecule has 39 heavy (non-hydrogen) atoms. The first-order valence-electron chi connectivity index (χ1n) is 12.7. The zero-order valence-electron chi connectivity index (χ0n) is 21.7. The molecule has 1 atom stereocenters. The molecule has 5 heterocycles. The molecule has 4 N–H and O–H groups in total. The molecule has 1 aromatic carbocycles. The number of aliphatic hydroxyl groups excluding tert-OH is 1. The first-order valence-corrected chi connectivity index (χ1v) is 13.5. The lowest BCUT2D eigenvalue weighted by Gasteiger charge is -2.16. The fraction of sp³-hybridized carbons (Fsp3) is 0.207. The number of anilines is 1. The Labute approximate surface area is 228 Å². The highest BCUT2D eigenvalue weighted by atomic mass is 32.1. The molecule has 10 heteroatoms. The van der Waals surface area contributed by atoms with E-state index < -0.39 is 6.23 Å². The molecule has 0 radical (unpaired) electrons. The van der Waals surface area contributed by atoms with Gasteiger partial charge in [0, 0.05) is 33.8 Å². The lowest BCUT2D eigenvalue weighted by atomic mass is 10.0. The quantitative estimate of drug-likeness (QED) is 0.133. The molecule has 0 fully saturated rings. The Kier molecular flexibility index (Phi) is 6.41. The van der Waals surface area contributed by atoms with E-state index in [4.69, 9.17) is 4.98 Å². The Morgan fingerprint density at radius 1 is 1.03 bits per heavy atom. The van der Waals surface area contributed by atoms with Gasteiger partial charge in [-0.3, -0.25) is 19.9 Å². The first-order chi connectivity index (χ1) is 18.9. The molecule has 9 nitrogen and oxygen atoms in total. The van der Waals surface area contributed by atoms with Crippen molar-refractivity contribution in [2.45, 2.75) is 33.4 Å². The molecule has 0 saturated carbocycles. The molecule has 1 unspecified atom stereocenters. The number of nitrogens with zero attached hydrogens (tertiary/aromatic N) is 4. The monoisotopic (exact) mass is 537 g/mol. The van der Waals surface area contributed by atoms with Gasteiger partial charge in [0.05, 0.1) is 34.0 Å². The van der Waals surface area contributed by atoms with Crippen molar-refractivity contribution < 1.29 is 9.90 Å². The number of nitrogens with one attached hydrogen (secondary N) is 3. The summed E-state index contributed by atoms with van der Waals surface area (Å²) in [5.74, 6) is 1.03. The Balaban J connectivity index is 1.37. The number of hydrogen-bond donors (Lipinski definition) is 4. The summed E-state index contributed by atoms with van der Waals surface area (Å²) >= 11 is 1.43. The molecular weight excluding hydrogens is 510 g/mol.